The average molecular weight is 332 g/mol. The predicted molar refractivity (Wildman–Crippen MR) is 102 cm³/mol. The lowest BCUT2D eigenvalue weighted by molar-refractivity contribution is -0.118. The van der Waals surface area contributed by atoms with Crippen LogP contribution in [0.1, 0.15) is 46.1 Å². The summed E-state index contributed by atoms with van der Waals surface area (Å²) in [5, 5.41) is 9.59. The van der Waals surface area contributed by atoms with Crippen LogP contribution in [-0.4, -0.2) is 25.5 Å². The van der Waals surface area contributed by atoms with Gasteiger partial charge in [-0.3, -0.25) is 9.79 Å². The summed E-state index contributed by atoms with van der Waals surface area (Å²) < 4.78 is 0. The zero-order valence-electron chi connectivity index (χ0n) is 15.6. The molecule has 0 unspecified atom stereocenters. The fraction of sp³-hybridized carbons (Fsp3) is 0.579. The number of carbonyl (C=O) groups is 1. The molecule has 5 nitrogen and oxygen atoms in total. The van der Waals surface area contributed by atoms with E-state index >= 15 is 0 Å². The lowest BCUT2D eigenvalue weighted by Gasteiger charge is -2.17. The molecule has 1 amide bonds. The quantitative estimate of drug-likeness (QED) is 0.505. The van der Waals surface area contributed by atoms with Gasteiger partial charge in [-0.2, -0.15) is 0 Å². The Morgan fingerprint density at radius 2 is 1.71 bits per heavy atom. The summed E-state index contributed by atoms with van der Waals surface area (Å²) >= 11 is 0. The maximum absolute atomic E-state index is 11.7. The van der Waals surface area contributed by atoms with Crippen molar-refractivity contribution in [2.45, 2.75) is 47.1 Å². The van der Waals surface area contributed by atoms with Gasteiger partial charge in [0.05, 0.1) is 0 Å². The highest BCUT2D eigenvalue weighted by atomic mass is 16.1. The van der Waals surface area contributed by atoms with Crippen molar-refractivity contribution >= 4 is 17.6 Å². The molecule has 134 valence electrons. The predicted octanol–water partition coefficient (Wildman–Crippen LogP) is 3.38. The molecule has 1 aromatic rings. The summed E-state index contributed by atoms with van der Waals surface area (Å²) in [5.41, 5.74) is 1.97. The number of guanidine groups is 1. The Hall–Kier alpha value is -2.04. The number of aliphatic imine (C=N–C) groups is 1. The number of nitrogens with one attached hydrogen (secondary N) is 3. The van der Waals surface area contributed by atoms with Crippen LogP contribution in [0.25, 0.3) is 0 Å². The highest BCUT2D eigenvalue weighted by Crippen LogP contribution is 2.11. The average Bonchev–Trinajstić information content (AvgIpc) is 2.59. The zero-order chi connectivity index (χ0) is 17.9. The van der Waals surface area contributed by atoms with Crippen LogP contribution >= 0.6 is 0 Å². The van der Waals surface area contributed by atoms with Gasteiger partial charge in [0.15, 0.2) is 5.96 Å². The highest BCUT2D eigenvalue weighted by molar-refractivity contribution is 5.92. The summed E-state index contributed by atoms with van der Waals surface area (Å²) in [7, 11) is 1.78. The molecule has 0 saturated carbocycles. The molecule has 0 atom stereocenters. The van der Waals surface area contributed by atoms with Crippen molar-refractivity contribution < 1.29 is 4.79 Å². The van der Waals surface area contributed by atoms with Crippen LogP contribution < -0.4 is 16.0 Å². The van der Waals surface area contributed by atoms with Crippen LogP contribution in [0.4, 0.5) is 5.69 Å². The topological polar surface area (TPSA) is 65.5 Å². The Morgan fingerprint density at radius 1 is 1.08 bits per heavy atom. The first kappa shape index (κ1) is 20.0. The molecule has 0 radical (unpaired) electrons. The minimum atomic E-state index is -0.0178. The Morgan fingerprint density at radius 3 is 2.21 bits per heavy atom. The maximum Gasteiger partial charge on any atom is 0.226 e. The van der Waals surface area contributed by atoms with Crippen LogP contribution in [-0.2, 0) is 11.3 Å². The summed E-state index contributed by atoms with van der Waals surface area (Å²) in [6, 6.07) is 7.88. The minimum absolute atomic E-state index is 0.0178. The molecule has 0 saturated heterocycles. The molecule has 3 N–H and O–H groups in total. The zero-order valence-corrected chi connectivity index (χ0v) is 15.6. The van der Waals surface area contributed by atoms with Crippen molar-refractivity contribution in [3.8, 4) is 0 Å². The Balaban J connectivity index is 2.47. The molecular formula is C19H32N4O. The molecule has 1 rings (SSSR count). The number of anilines is 1. The summed E-state index contributed by atoms with van der Waals surface area (Å²) in [5.74, 6) is 1.51. The van der Waals surface area contributed by atoms with Crippen molar-refractivity contribution in [1.82, 2.24) is 10.6 Å². The molecular weight excluding hydrogens is 300 g/mol. The maximum atomic E-state index is 11.7. The third kappa shape index (κ3) is 7.02. The van der Waals surface area contributed by atoms with E-state index in [1.807, 2.05) is 38.1 Å². The molecule has 24 heavy (non-hydrogen) atoms. The highest BCUT2D eigenvalue weighted by Gasteiger charge is 2.07. The van der Waals surface area contributed by atoms with E-state index in [2.05, 4.69) is 34.8 Å². The van der Waals surface area contributed by atoms with Crippen molar-refractivity contribution in [3.05, 3.63) is 29.8 Å². The van der Waals surface area contributed by atoms with Crippen LogP contribution in [0.5, 0.6) is 0 Å². The van der Waals surface area contributed by atoms with Gasteiger partial charge in [0.1, 0.15) is 0 Å². The van der Waals surface area contributed by atoms with Gasteiger partial charge in [0, 0.05) is 31.7 Å². The largest absolute Gasteiger partial charge is 0.356 e. The third-order valence-electron chi connectivity index (χ3n) is 4.14. The molecule has 0 aliphatic carbocycles. The monoisotopic (exact) mass is 332 g/mol. The van der Waals surface area contributed by atoms with E-state index < -0.39 is 0 Å². The number of amides is 1. The third-order valence-corrected chi connectivity index (χ3v) is 4.14. The number of hydrogen-bond donors (Lipinski definition) is 3. The van der Waals surface area contributed by atoms with Crippen molar-refractivity contribution in [3.63, 3.8) is 0 Å². The Labute approximate surface area is 146 Å². The van der Waals surface area contributed by atoms with E-state index in [1.54, 1.807) is 7.05 Å². The standard InChI is InChI=1S/C19H32N4O/c1-6-15(7-2)12-21-19(20-5)22-13-16-8-10-17(11-9-16)23-18(24)14(3)4/h8-11,14-15H,6-7,12-13H2,1-5H3,(H,23,24)(H2,20,21,22). The van der Waals surface area contributed by atoms with Crippen molar-refractivity contribution in [2.24, 2.45) is 16.8 Å². The summed E-state index contributed by atoms with van der Waals surface area (Å²) in [6.45, 7) is 9.83. The number of carbonyl (C=O) groups excluding carboxylic acids is 1. The molecule has 0 aliphatic heterocycles. The molecule has 0 heterocycles. The lowest BCUT2D eigenvalue weighted by atomic mass is 10.0. The van der Waals surface area contributed by atoms with Gasteiger partial charge in [0.25, 0.3) is 0 Å². The van der Waals surface area contributed by atoms with Gasteiger partial charge in [-0.05, 0) is 23.6 Å². The molecule has 0 spiro atoms. The normalized spacial score (nSPS) is 11.7. The number of benzene rings is 1. The SMILES string of the molecule is CCC(CC)CNC(=NC)NCc1ccc(NC(=O)C(C)C)cc1. The second-order valence-corrected chi connectivity index (χ2v) is 6.33. The summed E-state index contributed by atoms with van der Waals surface area (Å²) in [6.07, 6.45) is 2.34. The van der Waals surface area contributed by atoms with Gasteiger partial charge in [-0.1, -0.05) is 52.7 Å². The van der Waals surface area contributed by atoms with E-state index in [9.17, 15) is 4.79 Å². The van der Waals surface area contributed by atoms with Crippen LogP contribution in [0.15, 0.2) is 29.3 Å². The van der Waals surface area contributed by atoms with Crippen LogP contribution in [0.2, 0.25) is 0 Å². The smallest absolute Gasteiger partial charge is 0.226 e. The van der Waals surface area contributed by atoms with Crippen molar-refractivity contribution in [2.75, 3.05) is 18.9 Å². The first-order chi connectivity index (χ1) is 11.5. The fourth-order valence-corrected chi connectivity index (χ4v) is 2.22. The molecule has 5 heteroatoms. The van der Waals surface area contributed by atoms with Gasteiger partial charge < -0.3 is 16.0 Å². The molecule has 0 aromatic heterocycles. The van der Waals surface area contributed by atoms with E-state index in [4.69, 9.17) is 0 Å². The minimum Gasteiger partial charge on any atom is -0.356 e. The molecule has 0 aliphatic rings. The molecule has 0 bridgehead atoms. The van der Waals surface area contributed by atoms with Gasteiger partial charge >= 0.3 is 0 Å². The number of nitrogens with zero attached hydrogens (tertiary/aromatic N) is 1. The van der Waals surface area contributed by atoms with Gasteiger partial charge in [-0.15, -0.1) is 0 Å². The summed E-state index contributed by atoms with van der Waals surface area (Å²) in [4.78, 5) is 15.9. The van der Waals surface area contributed by atoms with E-state index in [-0.39, 0.29) is 11.8 Å². The van der Waals surface area contributed by atoms with E-state index in [1.165, 1.54) is 12.8 Å². The van der Waals surface area contributed by atoms with E-state index in [0.29, 0.717) is 12.5 Å². The Kier molecular flexibility index (Phi) is 8.90. The van der Waals surface area contributed by atoms with Crippen LogP contribution in [0, 0.1) is 11.8 Å². The van der Waals surface area contributed by atoms with Crippen LogP contribution in [0.3, 0.4) is 0 Å². The first-order valence-corrected chi connectivity index (χ1v) is 8.84. The van der Waals surface area contributed by atoms with Gasteiger partial charge in [-0.25, -0.2) is 0 Å². The van der Waals surface area contributed by atoms with Crippen molar-refractivity contribution in [1.29, 1.82) is 0 Å². The second-order valence-electron chi connectivity index (χ2n) is 6.33. The second kappa shape index (κ2) is 10.7. The first-order valence-electron chi connectivity index (χ1n) is 8.84. The molecule has 0 fully saturated rings. The number of rotatable bonds is 8. The lowest BCUT2D eigenvalue weighted by Crippen LogP contribution is -2.39. The fourth-order valence-electron chi connectivity index (χ4n) is 2.22. The van der Waals surface area contributed by atoms with E-state index in [0.717, 1.165) is 23.8 Å². The van der Waals surface area contributed by atoms with Gasteiger partial charge in [0.2, 0.25) is 5.91 Å². The molecule has 1 aromatic carbocycles. The number of hydrogen-bond acceptors (Lipinski definition) is 2. The Bertz CT molecular complexity index is 519.